The summed E-state index contributed by atoms with van der Waals surface area (Å²) in [6.45, 7) is 1.84. The van der Waals surface area contributed by atoms with E-state index in [1.807, 2.05) is 6.92 Å². The number of aromatic nitrogens is 6. The Bertz CT molecular complexity index is 980. The van der Waals surface area contributed by atoms with Crippen LogP contribution in [0.4, 0.5) is 11.4 Å². The van der Waals surface area contributed by atoms with Crippen LogP contribution in [0.15, 0.2) is 23.1 Å². The van der Waals surface area contributed by atoms with Gasteiger partial charge in [0, 0.05) is 21.1 Å². The van der Waals surface area contributed by atoms with Gasteiger partial charge in [0.25, 0.3) is 11.8 Å². The minimum absolute atomic E-state index is 0.222. The molecule has 0 atom stereocenters. The topological polar surface area (TPSA) is 112 Å². The molecule has 3 aromatic heterocycles. The molecule has 10 nitrogen and oxygen atoms in total. The van der Waals surface area contributed by atoms with Crippen molar-refractivity contribution in [3.63, 3.8) is 0 Å². The van der Waals surface area contributed by atoms with E-state index in [-0.39, 0.29) is 5.69 Å². The Balaban J connectivity index is 1.86. The fourth-order valence-corrected chi connectivity index (χ4v) is 2.98. The Labute approximate surface area is 157 Å². The Morgan fingerprint density at radius 3 is 1.92 bits per heavy atom. The first-order valence-electron chi connectivity index (χ1n) is 7.60. The number of carbonyl (C=O) groups is 2. The molecule has 0 aliphatic rings. The second-order valence-electron chi connectivity index (χ2n) is 5.67. The van der Waals surface area contributed by atoms with Crippen molar-refractivity contribution in [1.82, 2.24) is 29.3 Å². The highest BCUT2D eigenvalue weighted by Gasteiger charge is 2.22. The van der Waals surface area contributed by atoms with Crippen molar-refractivity contribution in [2.75, 3.05) is 10.6 Å². The maximum absolute atomic E-state index is 12.7. The third kappa shape index (κ3) is 3.12. The quantitative estimate of drug-likeness (QED) is 0.663. The van der Waals surface area contributed by atoms with Crippen LogP contribution < -0.4 is 10.6 Å². The molecule has 0 aliphatic heterocycles. The number of hydrogen-bond donors (Lipinski definition) is 2. The second kappa shape index (κ2) is 6.75. The van der Waals surface area contributed by atoms with Crippen molar-refractivity contribution in [2.24, 2.45) is 21.1 Å². The first-order valence-corrected chi connectivity index (χ1v) is 8.39. The van der Waals surface area contributed by atoms with Crippen molar-refractivity contribution >= 4 is 39.1 Å². The Morgan fingerprint density at radius 2 is 1.35 bits per heavy atom. The zero-order valence-electron chi connectivity index (χ0n) is 14.6. The van der Waals surface area contributed by atoms with Gasteiger partial charge in [-0.05, 0) is 22.9 Å². The van der Waals surface area contributed by atoms with Gasteiger partial charge in [0.15, 0.2) is 0 Å². The maximum Gasteiger partial charge on any atom is 0.276 e. The molecule has 3 heterocycles. The number of hydrogen-bond acceptors (Lipinski definition) is 5. The smallest absolute Gasteiger partial charge is 0.276 e. The fourth-order valence-electron chi connectivity index (χ4n) is 2.45. The van der Waals surface area contributed by atoms with E-state index in [1.54, 1.807) is 32.0 Å². The molecule has 0 bridgehead atoms. The molecule has 26 heavy (non-hydrogen) atoms. The number of nitrogens with one attached hydrogen (secondary N) is 2. The molecule has 0 saturated carbocycles. The van der Waals surface area contributed by atoms with Crippen LogP contribution in [0, 0.1) is 6.92 Å². The molecule has 2 amide bonds. The summed E-state index contributed by atoms with van der Waals surface area (Å²) in [5, 5.41) is 17.7. The third-order valence-corrected chi connectivity index (χ3v) is 4.57. The first kappa shape index (κ1) is 17.9. The molecular weight excluding hydrogens is 404 g/mol. The van der Waals surface area contributed by atoms with Crippen LogP contribution in [0.25, 0.3) is 0 Å². The highest BCUT2D eigenvalue weighted by atomic mass is 79.9. The lowest BCUT2D eigenvalue weighted by atomic mass is 10.3. The average Bonchev–Trinajstić information content (AvgIpc) is 3.21. The third-order valence-electron chi connectivity index (χ3n) is 3.99. The monoisotopic (exact) mass is 420 g/mol. The zero-order valence-corrected chi connectivity index (χ0v) is 16.2. The summed E-state index contributed by atoms with van der Waals surface area (Å²) >= 11 is 3.28. The van der Waals surface area contributed by atoms with Crippen molar-refractivity contribution in [1.29, 1.82) is 0 Å². The first-order chi connectivity index (χ1) is 12.3. The highest BCUT2D eigenvalue weighted by Crippen LogP contribution is 2.21. The van der Waals surface area contributed by atoms with E-state index in [1.165, 1.54) is 21.8 Å². The van der Waals surface area contributed by atoms with E-state index in [2.05, 4.69) is 41.9 Å². The van der Waals surface area contributed by atoms with Gasteiger partial charge in [0.1, 0.15) is 11.4 Å². The Morgan fingerprint density at radius 1 is 0.846 bits per heavy atom. The molecular formula is C15H17BrN8O2. The number of rotatable bonds is 4. The maximum atomic E-state index is 12.7. The molecule has 3 rings (SSSR count). The van der Waals surface area contributed by atoms with Crippen molar-refractivity contribution in [3.8, 4) is 0 Å². The Hall–Kier alpha value is -2.95. The minimum atomic E-state index is -0.406. The molecule has 0 aliphatic carbocycles. The summed E-state index contributed by atoms with van der Waals surface area (Å²) in [5.74, 6) is -0.808. The van der Waals surface area contributed by atoms with E-state index < -0.39 is 11.8 Å². The lowest BCUT2D eigenvalue weighted by Crippen LogP contribution is -2.21. The van der Waals surface area contributed by atoms with Crippen molar-refractivity contribution < 1.29 is 9.59 Å². The lowest BCUT2D eigenvalue weighted by molar-refractivity contribution is 0.101. The van der Waals surface area contributed by atoms with Crippen LogP contribution in [-0.2, 0) is 21.1 Å². The summed E-state index contributed by atoms with van der Waals surface area (Å²) in [5.41, 5.74) is 2.25. The van der Waals surface area contributed by atoms with Crippen LogP contribution in [0.2, 0.25) is 0 Å². The molecule has 0 unspecified atom stereocenters. The van der Waals surface area contributed by atoms with E-state index in [0.29, 0.717) is 21.5 Å². The van der Waals surface area contributed by atoms with Gasteiger partial charge in [0.2, 0.25) is 0 Å². The summed E-state index contributed by atoms with van der Waals surface area (Å²) in [6, 6.07) is 0. The Kier molecular flexibility index (Phi) is 4.64. The molecule has 0 saturated heterocycles. The normalized spacial score (nSPS) is 10.8. The summed E-state index contributed by atoms with van der Waals surface area (Å²) < 4.78 is 5.05. The molecule has 0 aromatic carbocycles. The van der Waals surface area contributed by atoms with Crippen LogP contribution in [0.3, 0.4) is 0 Å². The highest BCUT2D eigenvalue weighted by molar-refractivity contribution is 9.10. The van der Waals surface area contributed by atoms with Gasteiger partial charge in [-0.2, -0.15) is 15.3 Å². The van der Waals surface area contributed by atoms with Crippen LogP contribution in [0.5, 0.6) is 0 Å². The zero-order chi connectivity index (χ0) is 19.0. The van der Waals surface area contributed by atoms with Gasteiger partial charge in [0.05, 0.1) is 40.1 Å². The summed E-state index contributed by atoms with van der Waals surface area (Å²) in [7, 11) is 5.06. The molecule has 0 spiro atoms. The number of amides is 2. The number of carbonyl (C=O) groups excluding carboxylic acids is 2. The van der Waals surface area contributed by atoms with Gasteiger partial charge in [-0.3, -0.25) is 23.6 Å². The number of anilines is 2. The van der Waals surface area contributed by atoms with Gasteiger partial charge >= 0.3 is 0 Å². The molecule has 0 radical (unpaired) electrons. The lowest BCUT2D eigenvalue weighted by Gasteiger charge is -2.09. The van der Waals surface area contributed by atoms with Gasteiger partial charge < -0.3 is 10.6 Å². The van der Waals surface area contributed by atoms with Gasteiger partial charge in [-0.15, -0.1) is 0 Å². The number of halogens is 1. The van der Waals surface area contributed by atoms with Crippen molar-refractivity contribution in [2.45, 2.75) is 6.92 Å². The molecule has 3 aromatic rings. The molecule has 2 N–H and O–H groups in total. The second-order valence-corrected chi connectivity index (χ2v) is 6.53. The average molecular weight is 421 g/mol. The van der Waals surface area contributed by atoms with Crippen LogP contribution >= 0.6 is 15.9 Å². The van der Waals surface area contributed by atoms with E-state index in [9.17, 15) is 9.59 Å². The predicted molar refractivity (Wildman–Crippen MR) is 98.0 cm³/mol. The SMILES string of the molecule is Cc1c(NC(=O)c2c(NC(=O)c3c(Br)cnn3C)cnn2C)cnn1C. The van der Waals surface area contributed by atoms with Gasteiger partial charge in [-0.25, -0.2) is 0 Å². The predicted octanol–water partition coefficient (Wildman–Crippen LogP) is 1.46. The summed E-state index contributed by atoms with van der Waals surface area (Å²) in [6.07, 6.45) is 4.51. The fraction of sp³-hybridized carbons (Fsp3) is 0.267. The molecule has 11 heteroatoms. The number of aryl methyl sites for hydroxylation is 3. The van der Waals surface area contributed by atoms with Gasteiger partial charge in [-0.1, -0.05) is 0 Å². The van der Waals surface area contributed by atoms with E-state index in [0.717, 1.165) is 5.69 Å². The standard InChI is InChI=1S/C15H17BrN8O2/c1-8-10(6-18-22(8)2)20-15(26)13-11(7-19-24(13)4)21-14(25)12-9(16)5-17-23(12)3/h5-7H,1-4H3,(H,20,26)(H,21,25). The molecule has 136 valence electrons. The molecule has 0 fully saturated rings. The number of nitrogens with zero attached hydrogens (tertiary/aromatic N) is 6. The largest absolute Gasteiger partial charge is 0.318 e. The minimum Gasteiger partial charge on any atom is -0.318 e. The van der Waals surface area contributed by atoms with E-state index >= 15 is 0 Å². The van der Waals surface area contributed by atoms with E-state index in [4.69, 9.17) is 0 Å². The van der Waals surface area contributed by atoms with Crippen molar-refractivity contribution in [3.05, 3.63) is 40.1 Å². The van der Waals surface area contributed by atoms with Crippen LogP contribution in [-0.4, -0.2) is 41.2 Å². The summed E-state index contributed by atoms with van der Waals surface area (Å²) in [4.78, 5) is 25.2. The van der Waals surface area contributed by atoms with Crippen LogP contribution in [0.1, 0.15) is 26.7 Å².